The molecule has 14 heteroatoms. The summed E-state index contributed by atoms with van der Waals surface area (Å²) in [7, 11) is -2.91. The molecule has 2 aromatic heterocycles. The van der Waals surface area contributed by atoms with Crippen LogP contribution in [0.3, 0.4) is 0 Å². The van der Waals surface area contributed by atoms with Crippen LogP contribution >= 0.6 is 0 Å². The van der Waals surface area contributed by atoms with E-state index in [0.29, 0.717) is 10.5 Å². The van der Waals surface area contributed by atoms with Crippen LogP contribution in [0, 0.1) is 0 Å². The summed E-state index contributed by atoms with van der Waals surface area (Å²) in [5.41, 5.74) is -0.103. The van der Waals surface area contributed by atoms with Gasteiger partial charge in [-0.1, -0.05) is 23.4 Å². The molecule has 0 fully saturated rings. The number of alkyl halides is 6. The zero-order valence-electron chi connectivity index (χ0n) is 18.7. The lowest BCUT2D eigenvalue weighted by molar-refractivity contribution is -0.159. The van der Waals surface area contributed by atoms with E-state index in [0.717, 1.165) is 18.3 Å². The maximum Gasteiger partial charge on any atom is 0.471 e. The average Bonchev–Trinajstić information content (AvgIpc) is 3.34. The van der Waals surface area contributed by atoms with Crippen molar-refractivity contribution in [3.05, 3.63) is 83.9 Å². The van der Waals surface area contributed by atoms with Crippen molar-refractivity contribution in [3.63, 3.8) is 0 Å². The zero-order chi connectivity index (χ0) is 26.8. The van der Waals surface area contributed by atoms with Gasteiger partial charge < -0.3 is 9.26 Å². The van der Waals surface area contributed by atoms with Gasteiger partial charge in [0.15, 0.2) is 0 Å². The van der Waals surface area contributed by atoms with E-state index >= 15 is 0 Å². The number of rotatable bonds is 6. The van der Waals surface area contributed by atoms with E-state index in [1.165, 1.54) is 42.7 Å². The molecule has 0 N–H and O–H groups in total. The zero-order valence-corrected chi connectivity index (χ0v) is 19.6. The summed E-state index contributed by atoms with van der Waals surface area (Å²) >= 11 is 0. The van der Waals surface area contributed by atoms with Crippen LogP contribution < -0.4 is 4.74 Å². The highest BCUT2D eigenvalue weighted by molar-refractivity contribution is 7.93. The van der Waals surface area contributed by atoms with E-state index in [-0.39, 0.29) is 29.6 Å². The van der Waals surface area contributed by atoms with Gasteiger partial charge >= 0.3 is 18.2 Å². The van der Waals surface area contributed by atoms with Gasteiger partial charge in [0.25, 0.3) is 0 Å². The van der Waals surface area contributed by atoms with Crippen molar-refractivity contribution >= 4 is 9.73 Å². The van der Waals surface area contributed by atoms with Crippen molar-refractivity contribution in [2.45, 2.75) is 23.8 Å². The minimum atomic E-state index is -4.77. The Morgan fingerprint density at radius 1 is 0.973 bits per heavy atom. The van der Waals surface area contributed by atoms with Crippen molar-refractivity contribution in [1.29, 1.82) is 0 Å². The van der Waals surface area contributed by atoms with E-state index < -0.39 is 33.5 Å². The van der Waals surface area contributed by atoms with Crippen LogP contribution in [0.1, 0.15) is 17.0 Å². The number of benzene rings is 2. The minimum absolute atomic E-state index is 0.0282. The molecule has 7 nitrogen and oxygen atoms in total. The molecule has 0 spiro atoms. The van der Waals surface area contributed by atoms with Crippen molar-refractivity contribution in [1.82, 2.24) is 15.1 Å². The lowest BCUT2D eigenvalue weighted by Crippen LogP contribution is -2.05. The summed E-state index contributed by atoms with van der Waals surface area (Å²) in [5, 5.41) is 3.34. The first-order valence-electron chi connectivity index (χ1n) is 10.3. The van der Waals surface area contributed by atoms with Crippen molar-refractivity contribution < 1.29 is 39.8 Å². The molecule has 4 rings (SSSR count). The molecular weight excluding hydrogens is 526 g/mol. The third-order valence-electron chi connectivity index (χ3n) is 4.89. The van der Waals surface area contributed by atoms with Gasteiger partial charge in [0.1, 0.15) is 5.75 Å². The molecular formula is C23H16F6N4O3S. The van der Waals surface area contributed by atoms with Crippen LogP contribution in [-0.4, -0.2) is 25.6 Å². The second kappa shape index (κ2) is 9.84. The van der Waals surface area contributed by atoms with Crippen molar-refractivity contribution in [2.75, 3.05) is 6.26 Å². The predicted octanol–water partition coefficient (Wildman–Crippen LogP) is 6.62. The Bertz CT molecular complexity index is 1520. The van der Waals surface area contributed by atoms with E-state index in [2.05, 4.69) is 24.0 Å². The second-order valence-corrected chi connectivity index (χ2v) is 10.00. The maximum atomic E-state index is 13.1. The van der Waals surface area contributed by atoms with E-state index in [1.807, 2.05) is 0 Å². The minimum Gasteiger partial charge on any atom is -0.439 e. The third-order valence-corrected chi connectivity index (χ3v) is 6.66. The van der Waals surface area contributed by atoms with E-state index in [9.17, 15) is 30.6 Å². The molecule has 194 valence electrons. The summed E-state index contributed by atoms with van der Waals surface area (Å²) < 4.78 is 104. The second-order valence-electron chi connectivity index (χ2n) is 7.66. The van der Waals surface area contributed by atoms with Gasteiger partial charge in [-0.2, -0.15) is 31.3 Å². The molecule has 37 heavy (non-hydrogen) atoms. The van der Waals surface area contributed by atoms with Gasteiger partial charge in [-0.25, -0.2) is 13.6 Å². The molecule has 0 aliphatic carbocycles. The van der Waals surface area contributed by atoms with Crippen LogP contribution in [0.4, 0.5) is 26.3 Å². The number of aromatic nitrogens is 3. The number of hydrogen-bond acceptors (Lipinski definition) is 7. The van der Waals surface area contributed by atoms with E-state index in [1.54, 1.807) is 12.1 Å². The molecule has 4 aromatic rings. The fourth-order valence-electron chi connectivity index (χ4n) is 3.06. The Morgan fingerprint density at radius 3 is 2.35 bits per heavy atom. The Labute approximate surface area is 206 Å². The molecule has 2 heterocycles. The van der Waals surface area contributed by atoms with Gasteiger partial charge in [0.05, 0.1) is 21.8 Å². The van der Waals surface area contributed by atoms with E-state index in [4.69, 9.17) is 4.74 Å². The molecule has 2 aromatic carbocycles. The summed E-state index contributed by atoms with van der Waals surface area (Å²) in [6, 6.07) is 13.6. The highest BCUT2D eigenvalue weighted by Crippen LogP contribution is 2.32. The van der Waals surface area contributed by atoms with Gasteiger partial charge in [-0.15, -0.1) is 0 Å². The average molecular weight is 542 g/mol. The largest absolute Gasteiger partial charge is 0.471 e. The number of ether oxygens (including phenoxy) is 1. The smallest absolute Gasteiger partial charge is 0.439 e. The summed E-state index contributed by atoms with van der Waals surface area (Å²) in [5.74, 6) is -1.80. The summed E-state index contributed by atoms with van der Waals surface area (Å²) in [6.45, 7) is -0.0282. The Kier molecular flexibility index (Phi) is 6.95. The first-order chi connectivity index (χ1) is 17.3. The Balaban J connectivity index is 1.48. The van der Waals surface area contributed by atoms with Crippen LogP contribution in [0.5, 0.6) is 11.6 Å². The van der Waals surface area contributed by atoms with Gasteiger partial charge in [0, 0.05) is 29.0 Å². The van der Waals surface area contributed by atoms with Gasteiger partial charge in [-0.3, -0.25) is 0 Å². The lowest BCUT2D eigenvalue weighted by atomic mass is 10.1. The first-order valence-corrected chi connectivity index (χ1v) is 12.2. The molecule has 0 saturated carbocycles. The number of halogens is 6. The molecule has 1 unspecified atom stereocenters. The fourth-order valence-corrected chi connectivity index (χ4v) is 4.24. The number of hydrogen-bond donors (Lipinski definition) is 0. The fraction of sp³-hybridized carbons (Fsp3) is 0.174. The molecule has 0 radical (unpaired) electrons. The molecule has 0 amide bonds. The van der Waals surface area contributed by atoms with Crippen LogP contribution in [0.2, 0.25) is 0 Å². The van der Waals surface area contributed by atoms with Gasteiger partial charge in [0.2, 0.25) is 11.7 Å². The summed E-state index contributed by atoms with van der Waals surface area (Å²) in [6.07, 6.45) is -6.93. The number of nitrogens with zero attached hydrogens (tertiary/aromatic N) is 4. The third kappa shape index (κ3) is 6.44. The highest BCUT2D eigenvalue weighted by Gasteiger charge is 2.38. The van der Waals surface area contributed by atoms with Crippen LogP contribution in [0.25, 0.3) is 11.4 Å². The molecule has 0 aliphatic rings. The monoisotopic (exact) mass is 542 g/mol. The quantitative estimate of drug-likeness (QED) is 0.255. The lowest BCUT2D eigenvalue weighted by Gasteiger charge is -2.10. The van der Waals surface area contributed by atoms with Crippen molar-refractivity contribution in [3.8, 4) is 23.0 Å². The number of pyridine rings is 1. The first kappa shape index (κ1) is 26.1. The predicted molar refractivity (Wildman–Crippen MR) is 119 cm³/mol. The summed E-state index contributed by atoms with van der Waals surface area (Å²) in [4.78, 5) is 7.43. The Hall–Kier alpha value is -3.94. The standard InChI is InChI=1S/C23H16F6N4O3S/c1-37(34,18-7-5-17(6-8-18)35-19-12-16(9-10-30-19)22(24,25)26)31-13-14-3-2-4-15(11-14)20-32-21(36-33-20)23(27,28)29/h2-12H,13H2,1H3. The highest BCUT2D eigenvalue weighted by atomic mass is 32.2. The van der Waals surface area contributed by atoms with Crippen LogP contribution in [-0.2, 0) is 28.6 Å². The maximum absolute atomic E-state index is 13.1. The topological polar surface area (TPSA) is 90.5 Å². The Morgan fingerprint density at radius 2 is 1.70 bits per heavy atom. The SMILES string of the molecule is CS(=O)(=NCc1cccc(-c2noc(C(F)(F)F)n2)c1)c1ccc(Oc2cc(C(F)(F)F)ccn2)cc1. The molecule has 0 bridgehead atoms. The van der Waals surface area contributed by atoms with Gasteiger partial charge in [-0.05, 0) is 42.0 Å². The normalized spacial score (nSPS) is 13.7. The molecule has 0 saturated heterocycles. The molecule has 0 aliphatic heterocycles. The molecule has 1 atom stereocenters. The van der Waals surface area contributed by atoms with Crippen molar-refractivity contribution in [2.24, 2.45) is 4.36 Å². The van der Waals surface area contributed by atoms with Crippen LogP contribution in [0.15, 0.2) is 80.6 Å².